The molecule has 0 unspecified atom stereocenters. The van der Waals surface area contributed by atoms with Crippen molar-refractivity contribution in [2.75, 3.05) is 18.4 Å². The van der Waals surface area contributed by atoms with Gasteiger partial charge in [0.05, 0.1) is 10.9 Å². The number of hydrogen-bond donors (Lipinski definition) is 2. The van der Waals surface area contributed by atoms with Gasteiger partial charge in [0.1, 0.15) is 0 Å². The summed E-state index contributed by atoms with van der Waals surface area (Å²) in [6, 6.07) is 17.1. The number of carbonyl (C=O) groups excluding carboxylic acids is 2. The molecule has 1 aliphatic heterocycles. The van der Waals surface area contributed by atoms with Crippen LogP contribution >= 0.6 is 0 Å². The van der Waals surface area contributed by atoms with Gasteiger partial charge in [0.2, 0.25) is 5.91 Å². The molecular formula is C28H33N3O4S. The van der Waals surface area contributed by atoms with Crippen molar-refractivity contribution in [2.24, 2.45) is 5.92 Å². The summed E-state index contributed by atoms with van der Waals surface area (Å²) in [6.45, 7) is 7.02. The van der Waals surface area contributed by atoms with E-state index in [-0.39, 0.29) is 29.0 Å². The molecule has 0 bridgehead atoms. The van der Waals surface area contributed by atoms with Crippen molar-refractivity contribution in [1.82, 2.24) is 9.62 Å². The zero-order valence-electron chi connectivity index (χ0n) is 21.0. The van der Waals surface area contributed by atoms with Crippen molar-refractivity contribution in [3.05, 3.63) is 71.8 Å². The summed E-state index contributed by atoms with van der Waals surface area (Å²) in [7, 11) is -4.14. The largest absolute Gasteiger partial charge is 0.321 e. The summed E-state index contributed by atoms with van der Waals surface area (Å²) >= 11 is 0. The summed E-state index contributed by atoms with van der Waals surface area (Å²) in [4.78, 5) is 26.3. The molecule has 190 valence electrons. The van der Waals surface area contributed by atoms with Crippen LogP contribution in [-0.4, -0.2) is 43.7 Å². The standard InChI is InChI=1S/C28H33N3O4S/c1-4-9-27(32)31(25-16-17-29-18-20(25)3)36(34,35)26-15-14-24(22-12-7-8-13-23(22)26)30-28(33)21-11-6-5-10-19(21)2/h5-8,10-15,20,25,29H,4,9,16-18H2,1-3H3,(H,30,33)/t20-,25-/m0/s1. The van der Waals surface area contributed by atoms with Crippen molar-refractivity contribution in [3.63, 3.8) is 0 Å². The molecule has 0 spiro atoms. The van der Waals surface area contributed by atoms with Crippen molar-refractivity contribution >= 4 is 38.3 Å². The minimum absolute atomic E-state index is 0.00623. The molecule has 3 aromatic carbocycles. The lowest BCUT2D eigenvalue weighted by Crippen LogP contribution is -2.53. The van der Waals surface area contributed by atoms with Gasteiger partial charge in [-0.3, -0.25) is 9.59 Å². The number of fused-ring (bicyclic) bond motifs is 1. The van der Waals surface area contributed by atoms with Crippen molar-refractivity contribution in [1.29, 1.82) is 0 Å². The molecule has 0 aliphatic carbocycles. The van der Waals surface area contributed by atoms with Crippen molar-refractivity contribution < 1.29 is 18.0 Å². The van der Waals surface area contributed by atoms with Crippen LogP contribution in [0.25, 0.3) is 10.8 Å². The van der Waals surface area contributed by atoms with Gasteiger partial charge in [0, 0.05) is 28.4 Å². The third kappa shape index (κ3) is 5.01. The Morgan fingerprint density at radius 1 is 1.03 bits per heavy atom. The monoisotopic (exact) mass is 507 g/mol. The third-order valence-corrected chi connectivity index (χ3v) is 8.71. The first-order valence-corrected chi connectivity index (χ1v) is 13.9. The summed E-state index contributed by atoms with van der Waals surface area (Å²) < 4.78 is 29.3. The normalized spacial score (nSPS) is 18.1. The molecular weight excluding hydrogens is 474 g/mol. The van der Waals surface area contributed by atoms with E-state index in [1.807, 2.05) is 32.9 Å². The number of amides is 2. The van der Waals surface area contributed by atoms with Crippen LogP contribution in [0.2, 0.25) is 0 Å². The van der Waals surface area contributed by atoms with Crippen LogP contribution in [-0.2, 0) is 14.8 Å². The Bertz CT molecular complexity index is 1390. The third-order valence-electron chi connectivity index (χ3n) is 6.81. The number of benzene rings is 3. The fourth-order valence-corrected chi connectivity index (χ4v) is 6.84. The first kappa shape index (κ1) is 25.9. The van der Waals surface area contributed by atoms with E-state index >= 15 is 0 Å². The first-order valence-electron chi connectivity index (χ1n) is 12.4. The summed E-state index contributed by atoms with van der Waals surface area (Å²) in [6.07, 6.45) is 1.30. The fourth-order valence-electron chi connectivity index (χ4n) is 4.90. The number of aryl methyl sites for hydroxylation is 1. The second kappa shape index (κ2) is 10.8. The van der Waals surface area contributed by atoms with Gasteiger partial charge in [-0.05, 0) is 62.5 Å². The Morgan fingerprint density at radius 2 is 1.72 bits per heavy atom. The van der Waals surface area contributed by atoms with Crippen molar-refractivity contribution in [3.8, 4) is 0 Å². The lowest BCUT2D eigenvalue weighted by molar-refractivity contribution is -0.129. The molecule has 2 atom stereocenters. The summed E-state index contributed by atoms with van der Waals surface area (Å²) in [5.41, 5.74) is 1.91. The SMILES string of the molecule is CCCC(=O)N([C@H]1CCNC[C@@H]1C)S(=O)(=O)c1ccc(NC(=O)c2ccccc2C)c2ccccc12. The lowest BCUT2D eigenvalue weighted by atomic mass is 9.95. The van der Waals surface area contributed by atoms with E-state index in [9.17, 15) is 18.0 Å². The van der Waals surface area contributed by atoms with Crippen LogP contribution in [0.5, 0.6) is 0 Å². The Hall–Kier alpha value is -3.23. The molecule has 1 heterocycles. The number of hydrogen-bond acceptors (Lipinski definition) is 5. The lowest BCUT2D eigenvalue weighted by Gasteiger charge is -2.38. The number of sulfonamides is 1. The van der Waals surface area contributed by atoms with E-state index in [0.29, 0.717) is 48.0 Å². The predicted octanol–water partition coefficient (Wildman–Crippen LogP) is 4.72. The summed E-state index contributed by atoms with van der Waals surface area (Å²) in [5.74, 6) is -0.650. The summed E-state index contributed by atoms with van der Waals surface area (Å²) in [5, 5.41) is 7.29. The van der Waals surface area contributed by atoms with Gasteiger partial charge in [0.15, 0.2) is 0 Å². The minimum atomic E-state index is -4.14. The van der Waals surface area contributed by atoms with E-state index in [1.54, 1.807) is 42.5 Å². The maximum absolute atomic E-state index is 14.1. The number of carbonyl (C=O) groups is 2. The van der Waals surface area contributed by atoms with Crippen molar-refractivity contribution in [2.45, 2.75) is 51.0 Å². The van der Waals surface area contributed by atoms with Gasteiger partial charge in [-0.1, -0.05) is 56.3 Å². The van der Waals surface area contributed by atoms with E-state index in [1.165, 1.54) is 6.07 Å². The van der Waals surface area contributed by atoms with Gasteiger partial charge in [0.25, 0.3) is 15.9 Å². The highest BCUT2D eigenvalue weighted by atomic mass is 32.2. The number of piperidine rings is 1. The van der Waals surface area contributed by atoms with Crippen LogP contribution in [0.1, 0.15) is 49.0 Å². The molecule has 2 amide bonds. The molecule has 1 aliphatic rings. The molecule has 7 nitrogen and oxygen atoms in total. The minimum Gasteiger partial charge on any atom is -0.321 e. The van der Waals surface area contributed by atoms with Gasteiger partial charge in [-0.2, -0.15) is 0 Å². The maximum Gasteiger partial charge on any atom is 0.267 e. The highest BCUT2D eigenvalue weighted by molar-refractivity contribution is 7.90. The number of anilines is 1. The van der Waals surface area contributed by atoms with Crippen LogP contribution in [0.4, 0.5) is 5.69 Å². The van der Waals surface area contributed by atoms with Gasteiger partial charge >= 0.3 is 0 Å². The van der Waals surface area contributed by atoms with Gasteiger partial charge < -0.3 is 10.6 Å². The van der Waals surface area contributed by atoms with E-state index in [0.717, 1.165) is 9.87 Å². The fraction of sp³-hybridized carbons (Fsp3) is 0.357. The average molecular weight is 508 g/mol. The number of nitrogens with one attached hydrogen (secondary N) is 2. The van der Waals surface area contributed by atoms with Crippen LogP contribution in [0.3, 0.4) is 0 Å². The quantitative estimate of drug-likeness (QED) is 0.483. The first-order chi connectivity index (χ1) is 17.3. The highest BCUT2D eigenvalue weighted by Gasteiger charge is 2.39. The van der Waals surface area contributed by atoms with E-state index in [2.05, 4.69) is 10.6 Å². The molecule has 4 rings (SSSR count). The molecule has 8 heteroatoms. The molecule has 1 saturated heterocycles. The number of nitrogens with zero attached hydrogens (tertiary/aromatic N) is 1. The Balaban J connectivity index is 1.79. The number of rotatable bonds is 7. The highest BCUT2D eigenvalue weighted by Crippen LogP contribution is 2.34. The average Bonchev–Trinajstić information content (AvgIpc) is 2.85. The molecule has 1 fully saturated rings. The Kier molecular flexibility index (Phi) is 7.76. The van der Waals surface area contributed by atoms with E-state index < -0.39 is 16.1 Å². The second-order valence-corrected chi connectivity index (χ2v) is 11.2. The molecule has 0 aromatic heterocycles. The Morgan fingerprint density at radius 3 is 2.42 bits per heavy atom. The second-order valence-electron chi connectivity index (χ2n) is 9.41. The van der Waals surface area contributed by atoms with Crippen LogP contribution < -0.4 is 10.6 Å². The van der Waals surface area contributed by atoms with Crippen LogP contribution in [0.15, 0.2) is 65.6 Å². The molecule has 0 saturated carbocycles. The van der Waals surface area contributed by atoms with Gasteiger partial charge in [-0.25, -0.2) is 12.7 Å². The Labute approximate surface area is 212 Å². The zero-order chi connectivity index (χ0) is 25.9. The predicted molar refractivity (Wildman–Crippen MR) is 142 cm³/mol. The smallest absolute Gasteiger partial charge is 0.267 e. The molecule has 36 heavy (non-hydrogen) atoms. The van der Waals surface area contributed by atoms with E-state index in [4.69, 9.17) is 0 Å². The molecule has 2 N–H and O–H groups in total. The maximum atomic E-state index is 14.1. The topological polar surface area (TPSA) is 95.6 Å². The molecule has 0 radical (unpaired) electrons. The van der Waals surface area contributed by atoms with Crippen LogP contribution in [0, 0.1) is 12.8 Å². The molecule has 3 aromatic rings. The van der Waals surface area contributed by atoms with Gasteiger partial charge in [-0.15, -0.1) is 0 Å². The zero-order valence-corrected chi connectivity index (χ0v) is 21.8.